The lowest BCUT2D eigenvalue weighted by Gasteiger charge is -2.17. The van der Waals surface area contributed by atoms with Gasteiger partial charge in [0.1, 0.15) is 0 Å². The van der Waals surface area contributed by atoms with Crippen LogP contribution < -0.4 is 0 Å². The quantitative estimate of drug-likeness (QED) is 0.630. The molecular weight excluding hydrogens is 290 g/mol. The van der Waals surface area contributed by atoms with Crippen molar-refractivity contribution in [2.75, 3.05) is 20.7 Å². The topological polar surface area (TPSA) is 63.7 Å². The first-order valence-corrected chi connectivity index (χ1v) is 8.20. The third-order valence-electron chi connectivity index (χ3n) is 3.60. The molecule has 0 radical (unpaired) electrons. The van der Waals surface area contributed by atoms with E-state index in [0.29, 0.717) is 12.1 Å². The van der Waals surface area contributed by atoms with Crippen molar-refractivity contribution in [1.29, 1.82) is 0 Å². The van der Waals surface area contributed by atoms with Crippen LogP contribution in [0.2, 0.25) is 0 Å². The Morgan fingerprint density at radius 2 is 1.86 bits per heavy atom. The highest BCUT2D eigenvalue weighted by atomic mass is 32.2. The number of allylic oxidation sites excluding steroid dienone is 1. The summed E-state index contributed by atoms with van der Waals surface area (Å²) in [4.78, 5) is 13.7. The van der Waals surface area contributed by atoms with Gasteiger partial charge in [-0.3, -0.25) is 0 Å². The summed E-state index contributed by atoms with van der Waals surface area (Å²) >= 11 is 0. The number of likely N-dealkylation sites (tertiary alicyclic amines) is 1. The lowest BCUT2D eigenvalue weighted by atomic mass is 10.2. The molecular formula is C15H19NO4S. The zero-order chi connectivity index (χ0) is 15.6. The zero-order valence-electron chi connectivity index (χ0n) is 12.4. The standard InChI is InChI=1S/C15H19NO4S/c1-11-6-8-12(9-7-11)21(18,19)14(15(17)20-3)13-5-4-10-16(13)2/h6-9H,4-5,10H2,1-3H3/b14-13+. The molecule has 1 heterocycles. The molecule has 2 rings (SSSR count). The van der Waals surface area contributed by atoms with Gasteiger partial charge in [-0.15, -0.1) is 0 Å². The summed E-state index contributed by atoms with van der Waals surface area (Å²) in [5.74, 6) is -0.806. The Kier molecular flexibility index (Phi) is 4.37. The van der Waals surface area contributed by atoms with E-state index >= 15 is 0 Å². The van der Waals surface area contributed by atoms with Crippen molar-refractivity contribution in [3.63, 3.8) is 0 Å². The average molecular weight is 309 g/mol. The van der Waals surface area contributed by atoms with E-state index in [1.165, 1.54) is 19.2 Å². The molecule has 0 atom stereocenters. The van der Waals surface area contributed by atoms with Gasteiger partial charge in [0.2, 0.25) is 9.84 Å². The van der Waals surface area contributed by atoms with E-state index in [1.807, 2.05) is 6.92 Å². The van der Waals surface area contributed by atoms with Gasteiger partial charge in [0.15, 0.2) is 4.91 Å². The highest BCUT2D eigenvalue weighted by Crippen LogP contribution is 2.30. The molecule has 0 aliphatic carbocycles. The summed E-state index contributed by atoms with van der Waals surface area (Å²) in [6.45, 7) is 2.61. The number of rotatable bonds is 3. The highest BCUT2D eigenvalue weighted by Gasteiger charge is 2.34. The smallest absolute Gasteiger partial charge is 0.351 e. The van der Waals surface area contributed by atoms with Gasteiger partial charge in [0, 0.05) is 19.3 Å². The maximum Gasteiger partial charge on any atom is 0.351 e. The third kappa shape index (κ3) is 2.95. The molecule has 1 aliphatic heterocycles. The minimum atomic E-state index is -3.88. The van der Waals surface area contributed by atoms with Crippen LogP contribution in [0.25, 0.3) is 0 Å². The van der Waals surface area contributed by atoms with E-state index in [0.717, 1.165) is 18.5 Å². The molecule has 0 N–H and O–H groups in total. The second-order valence-electron chi connectivity index (χ2n) is 5.11. The molecule has 21 heavy (non-hydrogen) atoms. The van der Waals surface area contributed by atoms with E-state index in [9.17, 15) is 13.2 Å². The molecule has 0 amide bonds. The fourth-order valence-corrected chi connectivity index (χ4v) is 4.01. The van der Waals surface area contributed by atoms with Gasteiger partial charge in [-0.05, 0) is 31.9 Å². The van der Waals surface area contributed by atoms with Gasteiger partial charge in [0.25, 0.3) is 0 Å². The Morgan fingerprint density at radius 3 is 2.33 bits per heavy atom. The van der Waals surface area contributed by atoms with Crippen molar-refractivity contribution < 1.29 is 17.9 Å². The summed E-state index contributed by atoms with van der Waals surface area (Å²) in [5.41, 5.74) is 1.49. The Hall–Kier alpha value is -1.82. The van der Waals surface area contributed by atoms with E-state index in [4.69, 9.17) is 4.74 Å². The summed E-state index contributed by atoms with van der Waals surface area (Å²) < 4.78 is 30.3. The SMILES string of the molecule is COC(=O)/C(=C1/CCCN1C)S(=O)(=O)c1ccc(C)cc1. The van der Waals surface area contributed by atoms with E-state index in [-0.39, 0.29) is 9.80 Å². The van der Waals surface area contributed by atoms with Crippen molar-refractivity contribution in [2.45, 2.75) is 24.7 Å². The Balaban J connectivity index is 2.61. The molecule has 1 aliphatic rings. The van der Waals surface area contributed by atoms with Gasteiger partial charge in [0.05, 0.1) is 12.0 Å². The monoisotopic (exact) mass is 309 g/mol. The van der Waals surface area contributed by atoms with Crippen LogP contribution in [0.1, 0.15) is 18.4 Å². The first-order chi connectivity index (χ1) is 9.87. The molecule has 0 aromatic heterocycles. The summed E-state index contributed by atoms with van der Waals surface area (Å²) in [7, 11) is -0.898. The van der Waals surface area contributed by atoms with Crippen LogP contribution in [0.4, 0.5) is 0 Å². The first-order valence-electron chi connectivity index (χ1n) is 6.72. The number of carbonyl (C=O) groups is 1. The van der Waals surface area contributed by atoms with Gasteiger partial charge in [-0.1, -0.05) is 17.7 Å². The number of esters is 1. The molecule has 1 aromatic carbocycles. The van der Waals surface area contributed by atoms with E-state index in [2.05, 4.69) is 0 Å². The zero-order valence-corrected chi connectivity index (χ0v) is 13.2. The number of hydrogen-bond acceptors (Lipinski definition) is 5. The normalized spacial score (nSPS) is 17.8. The number of sulfone groups is 1. The third-order valence-corrected chi connectivity index (χ3v) is 5.43. The largest absolute Gasteiger partial charge is 0.465 e. The number of hydrogen-bond donors (Lipinski definition) is 0. The molecule has 6 heteroatoms. The summed E-state index contributed by atoms with van der Waals surface area (Å²) in [5, 5.41) is 0. The van der Waals surface area contributed by atoms with E-state index < -0.39 is 15.8 Å². The van der Waals surface area contributed by atoms with E-state index in [1.54, 1.807) is 24.1 Å². The number of benzene rings is 1. The first kappa shape index (κ1) is 15.6. The second kappa shape index (κ2) is 5.89. The van der Waals surface area contributed by atoms with Crippen LogP contribution in [0.5, 0.6) is 0 Å². The van der Waals surface area contributed by atoms with Crippen LogP contribution in [0, 0.1) is 6.92 Å². The average Bonchev–Trinajstić information content (AvgIpc) is 2.85. The summed E-state index contributed by atoms with van der Waals surface area (Å²) in [6, 6.07) is 6.46. The van der Waals surface area contributed by atoms with Crippen LogP contribution in [-0.2, 0) is 19.4 Å². The van der Waals surface area contributed by atoms with Crippen LogP contribution in [0.15, 0.2) is 39.8 Å². The lowest BCUT2D eigenvalue weighted by molar-refractivity contribution is -0.135. The highest BCUT2D eigenvalue weighted by molar-refractivity contribution is 7.96. The fraction of sp³-hybridized carbons (Fsp3) is 0.400. The van der Waals surface area contributed by atoms with Crippen LogP contribution in [-0.4, -0.2) is 40.0 Å². The number of carbonyl (C=O) groups excluding carboxylic acids is 1. The lowest BCUT2D eigenvalue weighted by Crippen LogP contribution is -2.22. The number of aryl methyl sites for hydroxylation is 1. The van der Waals surface area contributed by atoms with Crippen molar-refractivity contribution in [1.82, 2.24) is 4.90 Å². The minimum absolute atomic E-state index is 0.112. The molecule has 0 bridgehead atoms. The minimum Gasteiger partial charge on any atom is -0.465 e. The van der Waals surface area contributed by atoms with Gasteiger partial charge < -0.3 is 9.64 Å². The maximum atomic E-state index is 12.8. The molecule has 0 unspecified atom stereocenters. The van der Waals surface area contributed by atoms with Gasteiger partial charge in [-0.2, -0.15) is 0 Å². The Bertz CT molecular complexity index is 674. The van der Waals surface area contributed by atoms with Gasteiger partial charge in [-0.25, -0.2) is 13.2 Å². The Morgan fingerprint density at radius 1 is 1.24 bits per heavy atom. The van der Waals surface area contributed by atoms with Crippen LogP contribution in [0.3, 0.4) is 0 Å². The summed E-state index contributed by atoms with van der Waals surface area (Å²) in [6.07, 6.45) is 1.39. The number of nitrogens with zero attached hydrogens (tertiary/aromatic N) is 1. The molecule has 1 fully saturated rings. The number of ether oxygens (including phenoxy) is 1. The molecule has 0 spiro atoms. The van der Waals surface area contributed by atoms with Crippen LogP contribution >= 0.6 is 0 Å². The molecule has 0 saturated carbocycles. The maximum absolute atomic E-state index is 12.8. The van der Waals surface area contributed by atoms with Crippen molar-refractivity contribution >= 4 is 15.8 Å². The Labute approximate surface area is 125 Å². The molecule has 114 valence electrons. The molecule has 1 saturated heterocycles. The number of methoxy groups -OCH3 is 1. The van der Waals surface area contributed by atoms with Crippen molar-refractivity contribution in [2.24, 2.45) is 0 Å². The van der Waals surface area contributed by atoms with Crippen molar-refractivity contribution in [3.05, 3.63) is 40.4 Å². The molecule has 1 aromatic rings. The molecule has 5 nitrogen and oxygen atoms in total. The predicted molar refractivity (Wildman–Crippen MR) is 79.3 cm³/mol. The van der Waals surface area contributed by atoms with Gasteiger partial charge >= 0.3 is 5.97 Å². The second-order valence-corrected chi connectivity index (χ2v) is 7.00. The predicted octanol–water partition coefficient (Wildman–Crippen LogP) is 1.88. The fourth-order valence-electron chi connectivity index (χ4n) is 2.41. The van der Waals surface area contributed by atoms with Crippen molar-refractivity contribution in [3.8, 4) is 0 Å².